The summed E-state index contributed by atoms with van der Waals surface area (Å²) in [5.74, 6) is 0.114. The van der Waals surface area contributed by atoms with Crippen LogP contribution in [0, 0.1) is 5.82 Å². The van der Waals surface area contributed by atoms with Crippen molar-refractivity contribution < 1.29 is 8.81 Å². The van der Waals surface area contributed by atoms with Gasteiger partial charge < -0.3 is 10.2 Å². The molecule has 0 spiro atoms. The topological polar surface area (TPSA) is 39.2 Å². The van der Waals surface area contributed by atoms with Crippen LogP contribution in [0.5, 0.6) is 0 Å². The first-order valence-electron chi connectivity index (χ1n) is 5.86. The van der Waals surface area contributed by atoms with Crippen molar-refractivity contribution in [3.8, 4) is 11.3 Å². The van der Waals surface area contributed by atoms with Gasteiger partial charge in [0.25, 0.3) is 0 Å². The highest BCUT2D eigenvalue weighted by molar-refractivity contribution is 6.34. The number of para-hydroxylation sites is 1. The molecule has 0 bridgehead atoms. The maximum absolute atomic E-state index is 13.9. The second-order valence-corrected chi connectivity index (χ2v) is 4.69. The Morgan fingerprint density at radius 2 is 2.00 bits per heavy atom. The Bertz CT molecular complexity index is 751. The summed E-state index contributed by atoms with van der Waals surface area (Å²) in [6, 6.07) is 12.0. The summed E-state index contributed by atoms with van der Waals surface area (Å²) in [5, 5.41) is 1.36. The summed E-state index contributed by atoms with van der Waals surface area (Å²) in [6.07, 6.45) is 0. The van der Waals surface area contributed by atoms with Gasteiger partial charge in [0.15, 0.2) is 5.58 Å². The zero-order valence-corrected chi connectivity index (χ0v) is 10.7. The zero-order chi connectivity index (χ0) is 13.4. The van der Waals surface area contributed by atoms with Gasteiger partial charge in [-0.3, -0.25) is 0 Å². The fourth-order valence-corrected chi connectivity index (χ4v) is 2.27. The van der Waals surface area contributed by atoms with Gasteiger partial charge in [-0.25, -0.2) is 4.39 Å². The van der Waals surface area contributed by atoms with Crippen molar-refractivity contribution >= 4 is 22.6 Å². The van der Waals surface area contributed by atoms with Crippen LogP contribution in [0.2, 0.25) is 5.02 Å². The van der Waals surface area contributed by atoms with E-state index in [1.54, 1.807) is 24.3 Å². The van der Waals surface area contributed by atoms with E-state index in [9.17, 15) is 4.39 Å². The first-order chi connectivity index (χ1) is 9.19. The molecule has 0 fully saturated rings. The number of halogens is 2. The average molecular weight is 276 g/mol. The van der Waals surface area contributed by atoms with E-state index in [-0.39, 0.29) is 5.82 Å². The summed E-state index contributed by atoms with van der Waals surface area (Å²) in [4.78, 5) is 0. The third-order valence-electron chi connectivity index (χ3n) is 3.03. The van der Waals surface area contributed by atoms with Gasteiger partial charge in [0.05, 0.1) is 10.6 Å². The quantitative estimate of drug-likeness (QED) is 0.755. The molecule has 0 aliphatic carbocycles. The van der Waals surface area contributed by atoms with Crippen molar-refractivity contribution in [3.05, 3.63) is 58.9 Å². The highest BCUT2D eigenvalue weighted by Crippen LogP contribution is 2.33. The molecule has 3 rings (SSSR count). The maximum Gasteiger partial charge on any atom is 0.153 e. The van der Waals surface area contributed by atoms with Gasteiger partial charge in [0.2, 0.25) is 0 Å². The molecule has 0 aliphatic heterocycles. The molecule has 3 aromatic rings. The minimum Gasteiger partial charge on any atom is -0.454 e. The molecule has 0 unspecified atom stereocenters. The molecule has 0 saturated heterocycles. The number of hydrogen-bond donors (Lipinski definition) is 1. The van der Waals surface area contributed by atoms with E-state index < -0.39 is 0 Å². The molecule has 1 heterocycles. The molecule has 2 aromatic carbocycles. The van der Waals surface area contributed by atoms with Crippen LogP contribution in [0.4, 0.5) is 4.39 Å². The molecule has 0 amide bonds. The molecule has 0 radical (unpaired) electrons. The highest BCUT2D eigenvalue weighted by atomic mass is 35.5. The summed E-state index contributed by atoms with van der Waals surface area (Å²) in [5.41, 5.74) is 7.39. The van der Waals surface area contributed by atoms with E-state index in [1.807, 2.05) is 12.1 Å². The predicted octanol–water partition coefficient (Wildman–Crippen LogP) is 4.35. The van der Waals surface area contributed by atoms with Gasteiger partial charge in [-0.2, -0.15) is 0 Å². The monoisotopic (exact) mass is 275 g/mol. The van der Waals surface area contributed by atoms with E-state index in [4.69, 9.17) is 21.8 Å². The molecule has 1 aromatic heterocycles. The smallest absolute Gasteiger partial charge is 0.153 e. The Morgan fingerprint density at radius 3 is 2.74 bits per heavy atom. The van der Waals surface area contributed by atoms with Crippen molar-refractivity contribution in [1.29, 1.82) is 0 Å². The lowest BCUT2D eigenvalue weighted by Crippen LogP contribution is -1.97. The van der Waals surface area contributed by atoms with Crippen molar-refractivity contribution in [2.45, 2.75) is 6.54 Å². The van der Waals surface area contributed by atoms with E-state index in [2.05, 4.69) is 0 Å². The molecule has 96 valence electrons. The maximum atomic E-state index is 13.9. The molecule has 2 nitrogen and oxygen atoms in total. The SMILES string of the molecule is NCc1ccc(F)c(-c2cc3cccc(Cl)c3o2)c1. The number of hydrogen-bond acceptors (Lipinski definition) is 2. The molecule has 0 atom stereocenters. The normalized spacial score (nSPS) is 11.1. The Kier molecular flexibility index (Phi) is 3.01. The number of nitrogens with two attached hydrogens (primary N) is 1. The lowest BCUT2D eigenvalue weighted by atomic mass is 10.1. The Hall–Kier alpha value is -1.84. The third-order valence-corrected chi connectivity index (χ3v) is 3.33. The van der Waals surface area contributed by atoms with Crippen LogP contribution < -0.4 is 5.73 Å². The van der Waals surface area contributed by atoms with Crippen LogP contribution in [0.25, 0.3) is 22.3 Å². The molecule has 2 N–H and O–H groups in total. The Labute approximate surface area is 114 Å². The van der Waals surface area contributed by atoms with Crippen LogP contribution in [-0.4, -0.2) is 0 Å². The fraction of sp³-hybridized carbons (Fsp3) is 0.0667. The molecule has 0 aliphatic rings. The van der Waals surface area contributed by atoms with E-state index in [1.165, 1.54) is 6.07 Å². The number of furan rings is 1. The van der Waals surface area contributed by atoms with Gasteiger partial charge in [-0.15, -0.1) is 0 Å². The van der Waals surface area contributed by atoms with E-state index in [0.29, 0.717) is 28.5 Å². The van der Waals surface area contributed by atoms with Gasteiger partial charge in [-0.1, -0.05) is 29.8 Å². The molecular formula is C15H11ClFNO. The Morgan fingerprint density at radius 1 is 1.16 bits per heavy atom. The van der Waals surface area contributed by atoms with Crippen LogP contribution in [0.1, 0.15) is 5.56 Å². The predicted molar refractivity (Wildman–Crippen MR) is 74.5 cm³/mol. The minimum atomic E-state index is -0.340. The van der Waals surface area contributed by atoms with Crippen LogP contribution >= 0.6 is 11.6 Å². The standard InChI is InChI=1S/C15H11ClFNO/c16-12-3-1-2-10-7-14(19-15(10)12)11-6-9(8-18)4-5-13(11)17/h1-7H,8,18H2. The van der Waals surface area contributed by atoms with Gasteiger partial charge in [-0.05, 0) is 29.8 Å². The van der Waals surface area contributed by atoms with E-state index >= 15 is 0 Å². The van der Waals surface area contributed by atoms with Crippen molar-refractivity contribution in [2.24, 2.45) is 5.73 Å². The molecule has 0 saturated carbocycles. The van der Waals surface area contributed by atoms with Gasteiger partial charge >= 0.3 is 0 Å². The number of fused-ring (bicyclic) bond motifs is 1. The lowest BCUT2D eigenvalue weighted by molar-refractivity contribution is 0.601. The van der Waals surface area contributed by atoms with Crippen molar-refractivity contribution in [3.63, 3.8) is 0 Å². The molecular weight excluding hydrogens is 265 g/mol. The lowest BCUT2D eigenvalue weighted by Gasteiger charge is -2.02. The number of benzene rings is 2. The highest BCUT2D eigenvalue weighted by Gasteiger charge is 2.12. The second-order valence-electron chi connectivity index (χ2n) is 4.29. The zero-order valence-electron chi connectivity index (χ0n) is 9.99. The minimum absolute atomic E-state index is 0.340. The summed E-state index contributed by atoms with van der Waals surface area (Å²) in [6.45, 7) is 0.355. The van der Waals surface area contributed by atoms with Crippen LogP contribution in [0.15, 0.2) is 46.9 Å². The molecule has 19 heavy (non-hydrogen) atoms. The first-order valence-corrected chi connectivity index (χ1v) is 6.24. The van der Waals surface area contributed by atoms with Crippen molar-refractivity contribution in [2.75, 3.05) is 0 Å². The summed E-state index contributed by atoms with van der Waals surface area (Å²) in [7, 11) is 0. The molecule has 4 heteroatoms. The second kappa shape index (κ2) is 4.68. The average Bonchev–Trinajstić information content (AvgIpc) is 2.84. The van der Waals surface area contributed by atoms with Crippen LogP contribution in [0.3, 0.4) is 0 Å². The largest absolute Gasteiger partial charge is 0.454 e. The summed E-state index contributed by atoms with van der Waals surface area (Å²) >= 11 is 6.05. The Balaban J connectivity index is 2.21. The van der Waals surface area contributed by atoms with Crippen LogP contribution in [-0.2, 0) is 6.54 Å². The van der Waals surface area contributed by atoms with E-state index in [0.717, 1.165) is 10.9 Å². The summed E-state index contributed by atoms with van der Waals surface area (Å²) < 4.78 is 19.5. The third kappa shape index (κ3) is 2.11. The number of rotatable bonds is 2. The first kappa shape index (κ1) is 12.2. The van der Waals surface area contributed by atoms with Gasteiger partial charge in [0.1, 0.15) is 11.6 Å². The van der Waals surface area contributed by atoms with Crippen molar-refractivity contribution in [1.82, 2.24) is 0 Å². The van der Waals surface area contributed by atoms with Gasteiger partial charge in [0, 0.05) is 11.9 Å². The fourth-order valence-electron chi connectivity index (χ4n) is 2.05.